The number of carbonyl (C=O) groups excluding carboxylic acids is 2. The van der Waals surface area contributed by atoms with Crippen LogP contribution in [0.5, 0.6) is 11.5 Å². The van der Waals surface area contributed by atoms with E-state index >= 15 is 0 Å². The minimum Gasteiger partial charge on any atom is -0.492 e. The lowest BCUT2D eigenvalue weighted by Gasteiger charge is -2.13. The molecule has 0 spiro atoms. The van der Waals surface area contributed by atoms with E-state index < -0.39 is 18.5 Å². The molecule has 2 aromatic carbocycles. The van der Waals surface area contributed by atoms with Gasteiger partial charge in [-0.15, -0.1) is 0 Å². The van der Waals surface area contributed by atoms with Crippen LogP contribution in [0.15, 0.2) is 50.2 Å². The first kappa shape index (κ1) is 23.6. The fourth-order valence-corrected chi connectivity index (χ4v) is 5.01. The summed E-state index contributed by atoms with van der Waals surface area (Å²) >= 11 is 13.3. The zero-order valence-corrected chi connectivity index (χ0v) is 20.4. The average Bonchev–Trinajstić information content (AvgIpc) is 2.96. The number of benzene rings is 2. The van der Waals surface area contributed by atoms with Crippen LogP contribution in [0.2, 0.25) is 5.02 Å². The highest BCUT2D eigenvalue weighted by Gasteiger charge is 2.34. The lowest BCUT2D eigenvalue weighted by atomic mass is 10.2. The minimum atomic E-state index is -1.10. The van der Waals surface area contributed by atoms with Crippen molar-refractivity contribution in [3.05, 3.63) is 60.8 Å². The van der Waals surface area contributed by atoms with Gasteiger partial charge in [-0.25, -0.2) is 4.79 Å². The molecule has 0 aliphatic carbocycles. The van der Waals surface area contributed by atoms with E-state index in [1.54, 1.807) is 42.5 Å². The van der Waals surface area contributed by atoms with Gasteiger partial charge >= 0.3 is 5.97 Å². The highest BCUT2D eigenvalue weighted by molar-refractivity contribution is 9.11. The topological polar surface area (TPSA) is 93.1 Å². The summed E-state index contributed by atoms with van der Waals surface area (Å²) in [7, 11) is 0. The maximum absolute atomic E-state index is 12.7. The molecule has 0 radical (unpaired) electrons. The predicted molar refractivity (Wildman–Crippen MR) is 125 cm³/mol. The summed E-state index contributed by atoms with van der Waals surface area (Å²) in [5, 5.41) is 8.97. The Morgan fingerprint density at radius 1 is 1.13 bits per heavy atom. The molecule has 162 valence electrons. The maximum atomic E-state index is 12.7. The summed E-state index contributed by atoms with van der Waals surface area (Å²) in [5.41, 5.74) is 0.629. The third kappa shape index (κ3) is 6.25. The average molecular weight is 592 g/mol. The van der Waals surface area contributed by atoms with Crippen molar-refractivity contribution in [1.29, 1.82) is 0 Å². The van der Waals surface area contributed by atoms with Gasteiger partial charge in [-0.2, -0.15) is 0 Å². The van der Waals surface area contributed by atoms with Crippen LogP contribution in [-0.2, 0) is 9.59 Å². The summed E-state index contributed by atoms with van der Waals surface area (Å²) in [6.07, 6.45) is 1.58. The van der Waals surface area contributed by atoms with Crippen molar-refractivity contribution in [2.45, 2.75) is 0 Å². The number of rotatable bonds is 8. The quantitative estimate of drug-likeness (QED) is 0.409. The van der Waals surface area contributed by atoms with Crippen molar-refractivity contribution in [2.24, 2.45) is 0 Å². The van der Waals surface area contributed by atoms with Crippen molar-refractivity contribution >= 4 is 78.4 Å². The van der Waals surface area contributed by atoms with E-state index in [9.17, 15) is 14.4 Å². The minimum absolute atomic E-state index is 0.111. The Kier molecular flexibility index (Phi) is 8.04. The third-order valence-electron chi connectivity index (χ3n) is 3.93. The van der Waals surface area contributed by atoms with Gasteiger partial charge in [0, 0.05) is 5.02 Å². The monoisotopic (exact) mass is 589 g/mol. The molecule has 1 heterocycles. The molecule has 1 aliphatic heterocycles. The van der Waals surface area contributed by atoms with E-state index in [4.69, 9.17) is 26.2 Å². The Hall–Kier alpha value is -2.01. The molecule has 0 atom stereocenters. The van der Waals surface area contributed by atoms with Crippen molar-refractivity contribution in [3.8, 4) is 11.5 Å². The van der Waals surface area contributed by atoms with Crippen LogP contribution in [0.4, 0.5) is 4.79 Å². The number of amides is 2. The lowest BCUT2D eigenvalue weighted by molar-refractivity contribution is -0.139. The number of aliphatic carboxylic acids is 1. The van der Waals surface area contributed by atoms with Gasteiger partial charge in [-0.3, -0.25) is 14.5 Å². The van der Waals surface area contributed by atoms with Gasteiger partial charge in [-0.05, 0) is 91.7 Å². The highest BCUT2D eigenvalue weighted by atomic mass is 79.9. The van der Waals surface area contributed by atoms with Gasteiger partial charge in [0.05, 0.1) is 20.4 Å². The first-order chi connectivity index (χ1) is 14.7. The molecular weight excluding hydrogens is 578 g/mol. The van der Waals surface area contributed by atoms with Crippen molar-refractivity contribution < 1.29 is 29.0 Å². The van der Waals surface area contributed by atoms with E-state index in [1.807, 2.05) is 0 Å². The Morgan fingerprint density at radius 3 is 2.39 bits per heavy atom. The number of carboxylic acid groups (broad SMARTS) is 1. The fourth-order valence-electron chi connectivity index (χ4n) is 2.56. The van der Waals surface area contributed by atoms with Gasteiger partial charge in [0.15, 0.2) is 6.61 Å². The number of ether oxygens (including phenoxy) is 2. The van der Waals surface area contributed by atoms with Crippen LogP contribution in [0.1, 0.15) is 5.56 Å². The molecule has 31 heavy (non-hydrogen) atoms. The number of hydrogen-bond acceptors (Lipinski definition) is 6. The lowest BCUT2D eigenvalue weighted by Crippen LogP contribution is -2.32. The van der Waals surface area contributed by atoms with Gasteiger partial charge in [-0.1, -0.05) is 11.6 Å². The number of halogens is 3. The Labute approximate surface area is 203 Å². The second-order valence-electron chi connectivity index (χ2n) is 6.13. The summed E-state index contributed by atoms with van der Waals surface area (Å²) in [6.45, 7) is -0.229. The van der Waals surface area contributed by atoms with E-state index in [-0.39, 0.29) is 23.3 Å². The van der Waals surface area contributed by atoms with Gasteiger partial charge in [0.25, 0.3) is 11.1 Å². The molecular formula is C20H14Br2ClNO6S. The molecule has 3 rings (SSSR count). The van der Waals surface area contributed by atoms with E-state index in [1.165, 1.54) is 0 Å². The molecule has 0 unspecified atom stereocenters. The molecule has 2 aromatic rings. The molecule has 1 saturated heterocycles. The fraction of sp³-hybridized carbons (Fsp3) is 0.150. The molecule has 1 aliphatic rings. The molecule has 0 bridgehead atoms. The van der Waals surface area contributed by atoms with Gasteiger partial charge in [0.1, 0.15) is 18.1 Å². The van der Waals surface area contributed by atoms with Crippen molar-refractivity contribution in [2.75, 3.05) is 19.8 Å². The Morgan fingerprint density at radius 2 is 1.77 bits per heavy atom. The largest absolute Gasteiger partial charge is 0.492 e. The van der Waals surface area contributed by atoms with Crippen LogP contribution in [-0.4, -0.2) is 46.9 Å². The summed E-state index contributed by atoms with van der Waals surface area (Å²) in [5.74, 6) is -0.594. The van der Waals surface area contributed by atoms with Crippen LogP contribution in [0.25, 0.3) is 6.08 Å². The first-order valence-electron chi connectivity index (χ1n) is 8.72. The molecule has 1 N–H and O–H groups in total. The summed E-state index contributed by atoms with van der Waals surface area (Å²) in [6, 6.07) is 10.1. The summed E-state index contributed by atoms with van der Waals surface area (Å²) in [4.78, 5) is 37.0. The van der Waals surface area contributed by atoms with E-state index in [0.29, 0.717) is 31.0 Å². The molecule has 2 amide bonds. The number of carboxylic acids is 1. The Balaban J connectivity index is 1.66. The molecule has 0 saturated carbocycles. The Bertz CT molecular complexity index is 1040. The molecule has 0 aromatic heterocycles. The maximum Gasteiger partial charge on any atom is 0.341 e. The second kappa shape index (κ2) is 10.5. The van der Waals surface area contributed by atoms with Crippen LogP contribution in [0.3, 0.4) is 0 Å². The van der Waals surface area contributed by atoms with Crippen molar-refractivity contribution in [1.82, 2.24) is 4.90 Å². The number of hydrogen-bond donors (Lipinski definition) is 1. The normalized spacial score (nSPS) is 14.9. The molecule has 11 heteroatoms. The smallest absolute Gasteiger partial charge is 0.341 e. The highest BCUT2D eigenvalue weighted by Crippen LogP contribution is 2.37. The number of thioether (sulfide) groups is 1. The predicted octanol–water partition coefficient (Wildman–Crippen LogP) is 5.44. The number of nitrogens with zero attached hydrogens (tertiary/aromatic N) is 1. The van der Waals surface area contributed by atoms with E-state index in [0.717, 1.165) is 16.7 Å². The zero-order chi connectivity index (χ0) is 22.5. The van der Waals surface area contributed by atoms with Crippen LogP contribution in [0, 0.1) is 0 Å². The number of imide groups is 1. The SMILES string of the molecule is O=C(O)COc1c(Br)cc(/C=C2\SC(=O)N(CCOc3ccc(Cl)cc3)C2=O)cc1Br. The summed E-state index contributed by atoms with van der Waals surface area (Å²) < 4.78 is 11.8. The second-order valence-corrected chi connectivity index (χ2v) is 9.27. The zero-order valence-electron chi connectivity index (χ0n) is 15.6. The first-order valence-corrected chi connectivity index (χ1v) is 11.5. The standard InChI is InChI=1S/C20H14Br2ClNO6S/c21-14-7-11(8-15(22)18(14)30-10-17(25)26)9-16-19(27)24(20(28)31-16)5-6-29-13-3-1-12(23)2-4-13/h1-4,7-9H,5-6,10H2,(H,25,26)/b16-9-. The van der Waals surface area contributed by atoms with Gasteiger partial charge < -0.3 is 14.6 Å². The van der Waals surface area contributed by atoms with Crippen LogP contribution >= 0.6 is 55.2 Å². The molecule has 7 nitrogen and oxygen atoms in total. The van der Waals surface area contributed by atoms with E-state index in [2.05, 4.69) is 31.9 Å². The third-order valence-corrected chi connectivity index (χ3v) is 6.27. The number of carbonyl (C=O) groups is 3. The van der Waals surface area contributed by atoms with Gasteiger partial charge in [0.2, 0.25) is 0 Å². The van der Waals surface area contributed by atoms with Crippen molar-refractivity contribution in [3.63, 3.8) is 0 Å². The van der Waals surface area contributed by atoms with Crippen LogP contribution < -0.4 is 9.47 Å². The molecule has 1 fully saturated rings.